The molecule has 0 atom stereocenters. The summed E-state index contributed by atoms with van der Waals surface area (Å²) in [5.41, 5.74) is 1.07. The third-order valence-corrected chi connectivity index (χ3v) is 2.54. The van der Waals surface area contributed by atoms with Crippen LogP contribution in [0.3, 0.4) is 0 Å². The van der Waals surface area contributed by atoms with E-state index in [0.717, 1.165) is 6.42 Å². The van der Waals surface area contributed by atoms with Crippen LogP contribution < -0.4 is 0 Å². The highest BCUT2D eigenvalue weighted by molar-refractivity contribution is 6.49. The SMILES string of the molecule is O=C(C(=O)c1ccccc1)C1=CCC=CC1. The number of hydrogen-bond acceptors (Lipinski definition) is 2. The lowest BCUT2D eigenvalue weighted by Gasteiger charge is -2.06. The van der Waals surface area contributed by atoms with Crippen LogP contribution in [-0.2, 0) is 4.79 Å². The van der Waals surface area contributed by atoms with E-state index in [1.807, 2.05) is 24.3 Å². The summed E-state index contributed by atoms with van der Waals surface area (Å²) in [6.07, 6.45) is 7.04. The van der Waals surface area contributed by atoms with E-state index in [0.29, 0.717) is 17.6 Å². The highest BCUT2D eigenvalue weighted by Crippen LogP contribution is 2.14. The second kappa shape index (κ2) is 4.71. The maximum Gasteiger partial charge on any atom is 0.233 e. The first kappa shape index (κ1) is 10.6. The summed E-state index contributed by atoms with van der Waals surface area (Å²) in [5.74, 6) is -0.794. The molecule has 1 aliphatic carbocycles. The number of Topliss-reactive ketones (excluding diaryl/α,β-unsaturated/α-hetero) is 2. The number of benzene rings is 1. The Morgan fingerprint density at radius 1 is 0.938 bits per heavy atom. The van der Waals surface area contributed by atoms with Crippen LogP contribution in [0.25, 0.3) is 0 Å². The molecule has 2 heteroatoms. The summed E-state index contributed by atoms with van der Waals surface area (Å²) >= 11 is 0. The molecule has 0 amide bonds. The molecule has 0 saturated heterocycles. The van der Waals surface area contributed by atoms with Crippen molar-refractivity contribution in [3.63, 3.8) is 0 Å². The van der Waals surface area contributed by atoms with Gasteiger partial charge in [-0.05, 0) is 12.8 Å². The van der Waals surface area contributed by atoms with Gasteiger partial charge in [-0.2, -0.15) is 0 Å². The minimum absolute atomic E-state index is 0.379. The minimum Gasteiger partial charge on any atom is -0.285 e. The van der Waals surface area contributed by atoms with E-state index in [2.05, 4.69) is 0 Å². The van der Waals surface area contributed by atoms with Gasteiger partial charge in [-0.15, -0.1) is 0 Å². The van der Waals surface area contributed by atoms with Crippen LogP contribution in [-0.4, -0.2) is 11.6 Å². The molecule has 1 aromatic rings. The molecule has 0 aliphatic heterocycles. The molecule has 16 heavy (non-hydrogen) atoms. The molecule has 80 valence electrons. The minimum atomic E-state index is -0.415. The van der Waals surface area contributed by atoms with Gasteiger partial charge in [0.25, 0.3) is 0 Å². The third kappa shape index (κ3) is 2.16. The molecular weight excluding hydrogens is 200 g/mol. The van der Waals surface area contributed by atoms with E-state index in [1.54, 1.807) is 24.3 Å². The molecule has 0 radical (unpaired) electrons. The number of rotatable bonds is 3. The van der Waals surface area contributed by atoms with Crippen molar-refractivity contribution in [2.24, 2.45) is 0 Å². The lowest BCUT2D eigenvalue weighted by Crippen LogP contribution is -2.16. The van der Waals surface area contributed by atoms with Crippen molar-refractivity contribution in [2.75, 3.05) is 0 Å². The van der Waals surface area contributed by atoms with Crippen molar-refractivity contribution in [3.05, 3.63) is 59.7 Å². The van der Waals surface area contributed by atoms with Gasteiger partial charge in [-0.3, -0.25) is 9.59 Å². The Hall–Kier alpha value is -1.96. The van der Waals surface area contributed by atoms with Crippen molar-refractivity contribution in [3.8, 4) is 0 Å². The van der Waals surface area contributed by atoms with E-state index in [-0.39, 0.29) is 5.78 Å². The average molecular weight is 212 g/mol. The van der Waals surface area contributed by atoms with E-state index in [4.69, 9.17) is 0 Å². The highest BCUT2D eigenvalue weighted by atomic mass is 16.2. The van der Waals surface area contributed by atoms with Gasteiger partial charge >= 0.3 is 0 Å². The smallest absolute Gasteiger partial charge is 0.233 e. The molecule has 0 saturated carbocycles. The number of ketones is 2. The van der Waals surface area contributed by atoms with Crippen molar-refractivity contribution in [2.45, 2.75) is 12.8 Å². The molecular formula is C14H12O2. The molecule has 2 nitrogen and oxygen atoms in total. The number of carbonyl (C=O) groups is 2. The molecule has 0 unspecified atom stereocenters. The van der Waals surface area contributed by atoms with Crippen LogP contribution in [0.5, 0.6) is 0 Å². The van der Waals surface area contributed by atoms with Crippen LogP contribution in [0.2, 0.25) is 0 Å². The maximum atomic E-state index is 11.8. The predicted molar refractivity (Wildman–Crippen MR) is 62.2 cm³/mol. The van der Waals surface area contributed by atoms with E-state index in [9.17, 15) is 9.59 Å². The Bertz CT molecular complexity index is 467. The van der Waals surface area contributed by atoms with Crippen molar-refractivity contribution in [1.82, 2.24) is 0 Å². The summed E-state index contributed by atoms with van der Waals surface area (Å²) in [6, 6.07) is 8.67. The topological polar surface area (TPSA) is 34.1 Å². The first-order chi connectivity index (χ1) is 7.79. The Morgan fingerprint density at radius 2 is 1.69 bits per heavy atom. The number of hydrogen-bond donors (Lipinski definition) is 0. The Balaban J connectivity index is 2.17. The summed E-state index contributed by atoms with van der Waals surface area (Å²) in [6.45, 7) is 0. The summed E-state index contributed by atoms with van der Waals surface area (Å²) in [4.78, 5) is 23.7. The quantitative estimate of drug-likeness (QED) is 0.438. The van der Waals surface area contributed by atoms with Gasteiger partial charge in [-0.25, -0.2) is 0 Å². The molecule has 0 heterocycles. The number of carbonyl (C=O) groups excluding carboxylic acids is 2. The summed E-state index contributed by atoms with van der Waals surface area (Å²) in [5, 5.41) is 0. The Kier molecular flexibility index (Phi) is 3.10. The monoisotopic (exact) mass is 212 g/mol. The maximum absolute atomic E-state index is 11.8. The summed E-state index contributed by atoms with van der Waals surface area (Å²) < 4.78 is 0. The van der Waals surface area contributed by atoms with Crippen LogP contribution in [0.15, 0.2) is 54.1 Å². The molecule has 0 bridgehead atoms. The van der Waals surface area contributed by atoms with Gasteiger partial charge in [0.2, 0.25) is 11.6 Å². The number of allylic oxidation sites excluding steroid dienone is 4. The lowest BCUT2D eigenvalue weighted by molar-refractivity contribution is -0.111. The van der Waals surface area contributed by atoms with Crippen LogP contribution in [0, 0.1) is 0 Å². The fraction of sp³-hybridized carbons (Fsp3) is 0.143. The van der Waals surface area contributed by atoms with Crippen LogP contribution in [0.4, 0.5) is 0 Å². The fourth-order valence-corrected chi connectivity index (χ4v) is 1.65. The standard InChI is InChI=1S/C14H12O2/c15-13(11-7-3-1-4-8-11)14(16)12-9-5-2-6-10-12/h1-5,7-8,10H,6,9H2. The average Bonchev–Trinajstić information content (AvgIpc) is 2.39. The largest absolute Gasteiger partial charge is 0.285 e. The predicted octanol–water partition coefficient (Wildman–Crippen LogP) is 2.71. The van der Waals surface area contributed by atoms with Gasteiger partial charge in [-0.1, -0.05) is 48.6 Å². The van der Waals surface area contributed by atoms with E-state index >= 15 is 0 Å². The van der Waals surface area contributed by atoms with E-state index < -0.39 is 5.78 Å². The van der Waals surface area contributed by atoms with Gasteiger partial charge in [0.1, 0.15) is 0 Å². The Morgan fingerprint density at radius 3 is 2.31 bits per heavy atom. The fourth-order valence-electron chi connectivity index (χ4n) is 1.65. The highest BCUT2D eigenvalue weighted by Gasteiger charge is 2.19. The second-order valence-electron chi connectivity index (χ2n) is 3.66. The third-order valence-electron chi connectivity index (χ3n) is 2.54. The first-order valence-electron chi connectivity index (χ1n) is 5.27. The lowest BCUT2D eigenvalue weighted by atomic mass is 9.96. The van der Waals surface area contributed by atoms with E-state index in [1.165, 1.54) is 0 Å². The Labute approximate surface area is 94.3 Å². The van der Waals surface area contributed by atoms with Crippen LogP contribution >= 0.6 is 0 Å². The van der Waals surface area contributed by atoms with Gasteiger partial charge in [0.15, 0.2) is 0 Å². The second-order valence-corrected chi connectivity index (χ2v) is 3.66. The van der Waals surface area contributed by atoms with Gasteiger partial charge in [0.05, 0.1) is 0 Å². The summed E-state index contributed by atoms with van der Waals surface area (Å²) in [7, 11) is 0. The molecule has 1 aliphatic rings. The van der Waals surface area contributed by atoms with Crippen molar-refractivity contribution < 1.29 is 9.59 Å². The van der Waals surface area contributed by atoms with Crippen LogP contribution in [0.1, 0.15) is 23.2 Å². The van der Waals surface area contributed by atoms with Gasteiger partial charge < -0.3 is 0 Å². The molecule has 2 rings (SSSR count). The molecule has 1 aromatic carbocycles. The molecule has 0 spiro atoms. The molecule has 0 fully saturated rings. The van der Waals surface area contributed by atoms with Crippen molar-refractivity contribution in [1.29, 1.82) is 0 Å². The first-order valence-corrected chi connectivity index (χ1v) is 5.27. The normalized spacial score (nSPS) is 14.4. The zero-order valence-corrected chi connectivity index (χ0v) is 8.85. The molecule has 0 N–H and O–H groups in total. The van der Waals surface area contributed by atoms with Gasteiger partial charge in [0, 0.05) is 11.1 Å². The zero-order valence-electron chi connectivity index (χ0n) is 8.85. The van der Waals surface area contributed by atoms with Crippen molar-refractivity contribution >= 4 is 11.6 Å². The molecule has 0 aromatic heterocycles. The zero-order chi connectivity index (χ0) is 11.4.